The Morgan fingerprint density at radius 3 is 2.31 bits per heavy atom. The van der Waals surface area contributed by atoms with Crippen molar-refractivity contribution in [1.82, 2.24) is 4.90 Å². The molecule has 7 bridgehead atoms. The maximum Gasteiger partial charge on any atom is 0.338 e. The fourth-order valence-corrected chi connectivity index (χ4v) is 12.2. The molecule has 12 heteroatoms. The van der Waals surface area contributed by atoms with E-state index < -0.39 is 88.3 Å². The molecule has 0 aromatic heterocycles. The molecule has 1 spiro atoms. The number of hydrogen-bond acceptors (Lipinski definition) is 12. The molecule has 1 heterocycles. The second kappa shape index (κ2) is 10.4. The molecule has 6 aliphatic rings. The van der Waals surface area contributed by atoms with Gasteiger partial charge in [-0.2, -0.15) is 0 Å². The molecule has 12 nitrogen and oxygen atoms in total. The number of ether oxygens (including phenoxy) is 6. The molecule has 6 fully saturated rings. The van der Waals surface area contributed by atoms with Crippen molar-refractivity contribution in [2.24, 2.45) is 34.5 Å². The Bertz CT molecular complexity index is 1350. The number of benzene rings is 1. The normalized spacial score (nSPS) is 50.7. The molecule has 5 saturated carbocycles. The lowest BCUT2D eigenvalue weighted by Crippen LogP contribution is -2.81. The molecule has 15 atom stereocenters. The Balaban J connectivity index is 1.52. The van der Waals surface area contributed by atoms with Gasteiger partial charge in [0.2, 0.25) is 0 Å². The van der Waals surface area contributed by atoms with Gasteiger partial charge in [0.1, 0.15) is 23.9 Å². The van der Waals surface area contributed by atoms with Gasteiger partial charge in [-0.1, -0.05) is 18.2 Å². The molecular weight excluding hydrogens is 586 g/mol. The maximum atomic E-state index is 13.7. The van der Waals surface area contributed by atoms with Gasteiger partial charge >= 0.3 is 11.9 Å². The minimum Gasteiger partial charge on any atom is -0.455 e. The molecule has 0 amide bonds. The van der Waals surface area contributed by atoms with Crippen molar-refractivity contribution in [3.8, 4) is 0 Å². The monoisotopic (exact) mass is 631 g/mol. The van der Waals surface area contributed by atoms with Crippen LogP contribution in [0.25, 0.3) is 0 Å². The minimum atomic E-state index is -1.83. The molecule has 4 unspecified atom stereocenters. The summed E-state index contributed by atoms with van der Waals surface area (Å²) in [5.41, 5.74) is -4.79. The molecule has 248 valence electrons. The van der Waals surface area contributed by atoms with Crippen LogP contribution in [-0.2, 0) is 33.2 Å². The number of piperidine rings is 1. The van der Waals surface area contributed by atoms with E-state index in [0.717, 1.165) is 0 Å². The number of hydrogen-bond donors (Lipinski definition) is 3. The molecule has 0 radical (unpaired) electrons. The van der Waals surface area contributed by atoms with Crippen LogP contribution in [0.15, 0.2) is 30.3 Å². The summed E-state index contributed by atoms with van der Waals surface area (Å²) < 4.78 is 37.2. The number of fused-ring (bicyclic) bond motifs is 2. The van der Waals surface area contributed by atoms with Crippen LogP contribution in [0.4, 0.5) is 0 Å². The highest BCUT2D eigenvalue weighted by Crippen LogP contribution is 2.80. The number of likely N-dealkylation sites (tertiary alicyclic amines) is 1. The summed E-state index contributed by atoms with van der Waals surface area (Å²) >= 11 is 0. The van der Waals surface area contributed by atoms with Gasteiger partial charge in [0.15, 0.2) is 5.60 Å². The topological polar surface area (TPSA) is 153 Å². The largest absolute Gasteiger partial charge is 0.455 e. The summed E-state index contributed by atoms with van der Waals surface area (Å²) in [6.07, 6.45) is -5.50. The Labute approximate surface area is 262 Å². The number of carbonyl (C=O) groups excluding carboxylic acids is 2. The van der Waals surface area contributed by atoms with Crippen molar-refractivity contribution in [1.29, 1.82) is 0 Å². The predicted molar refractivity (Wildman–Crippen MR) is 156 cm³/mol. The Morgan fingerprint density at radius 1 is 1.00 bits per heavy atom. The first kappa shape index (κ1) is 31.4. The number of carbonyl (C=O) groups is 2. The van der Waals surface area contributed by atoms with Gasteiger partial charge in [-0.15, -0.1) is 0 Å². The van der Waals surface area contributed by atoms with Gasteiger partial charge in [-0.25, -0.2) is 4.79 Å². The third-order valence-electron chi connectivity index (χ3n) is 12.9. The maximum absolute atomic E-state index is 13.7. The summed E-state index contributed by atoms with van der Waals surface area (Å²) in [6, 6.07) is 8.15. The SMILES string of the molecule is COC[C@]12CN(C)C3C4[C@H](OC)[C@H]1C3([C@@H](OC)C[C@H]2O)[C@@H]1C[C@@]2(O)C(OC(=O)c3ccccc3)[C@@H]1[C@]4(OC(C)=O)[C@@H](O)[C@@H]2OC. The zero-order valence-corrected chi connectivity index (χ0v) is 26.6. The predicted octanol–water partition coefficient (Wildman–Crippen LogP) is 0.258. The first-order chi connectivity index (χ1) is 21.4. The molecule has 7 rings (SSSR count). The van der Waals surface area contributed by atoms with Crippen LogP contribution in [0.1, 0.15) is 30.1 Å². The number of esters is 2. The smallest absolute Gasteiger partial charge is 0.338 e. The number of aliphatic hydroxyl groups excluding tert-OH is 2. The highest BCUT2D eigenvalue weighted by Gasteiger charge is 2.92. The lowest BCUT2D eigenvalue weighted by Gasteiger charge is -2.70. The Morgan fingerprint density at radius 2 is 1.71 bits per heavy atom. The van der Waals surface area contributed by atoms with E-state index >= 15 is 0 Å². The lowest BCUT2D eigenvalue weighted by atomic mass is 9.42. The standard InChI is InChI=1S/C33H45NO11/c1-16(35)45-33-21-18(13-31(39,28(43-6)26(33)37)27(21)44-29(38)17-10-8-7-9-11-17)32-20(41-4)12-19(36)30(15-40-3)14-34(2)25(32)22(33)23(42-5)24(30)32/h7-11,18-28,36-37,39H,12-15H2,1-6H3/t18-,19-,20+,21-,22?,23+,24-,25?,26+,27?,28+,30+,31-,32?,33-/m1/s1. The Hall–Kier alpha value is -2.16. The summed E-state index contributed by atoms with van der Waals surface area (Å²) in [4.78, 5) is 29.1. The number of rotatable bonds is 8. The molecule has 3 N–H and O–H groups in total. The van der Waals surface area contributed by atoms with Crippen molar-refractivity contribution in [3.05, 3.63) is 35.9 Å². The fraction of sp³-hybridized carbons (Fsp3) is 0.758. The van der Waals surface area contributed by atoms with Crippen LogP contribution in [-0.4, -0.2) is 135 Å². The molecule has 5 aliphatic carbocycles. The van der Waals surface area contributed by atoms with E-state index in [1.54, 1.807) is 51.7 Å². The zero-order chi connectivity index (χ0) is 32.3. The van der Waals surface area contributed by atoms with E-state index in [2.05, 4.69) is 4.90 Å². The van der Waals surface area contributed by atoms with E-state index in [1.165, 1.54) is 14.0 Å². The minimum absolute atomic E-state index is 0.0754. The molecule has 1 aromatic carbocycles. The highest BCUT2D eigenvalue weighted by molar-refractivity contribution is 5.89. The van der Waals surface area contributed by atoms with Crippen LogP contribution < -0.4 is 0 Å². The fourth-order valence-electron chi connectivity index (χ4n) is 12.2. The summed E-state index contributed by atoms with van der Waals surface area (Å²) in [7, 11) is 8.20. The van der Waals surface area contributed by atoms with Crippen LogP contribution in [0.5, 0.6) is 0 Å². The molecule has 1 aliphatic heterocycles. The van der Waals surface area contributed by atoms with Gasteiger partial charge in [0.25, 0.3) is 0 Å². The third kappa shape index (κ3) is 3.55. The van der Waals surface area contributed by atoms with Gasteiger partial charge < -0.3 is 48.6 Å². The molecular formula is C33H45NO11. The zero-order valence-electron chi connectivity index (χ0n) is 26.6. The first-order valence-electron chi connectivity index (χ1n) is 15.8. The van der Waals surface area contributed by atoms with Gasteiger partial charge in [0.05, 0.1) is 30.5 Å². The number of nitrogens with zero attached hydrogens (tertiary/aromatic N) is 1. The quantitative estimate of drug-likeness (QED) is 0.337. The van der Waals surface area contributed by atoms with E-state index in [0.29, 0.717) is 18.5 Å². The Kier molecular flexibility index (Phi) is 7.28. The van der Waals surface area contributed by atoms with E-state index in [4.69, 9.17) is 28.4 Å². The van der Waals surface area contributed by atoms with E-state index in [9.17, 15) is 24.9 Å². The van der Waals surface area contributed by atoms with E-state index in [1.807, 2.05) is 7.05 Å². The van der Waals surface area contributed by atoms with Crippen molar-refractivity contribution in [2.75, 3.05) is 48.6 Å². The summed E-state index contributed by atoms with van der Waals surface area (Å²) in [5, 5.41) is 37.0. The van der Waals surface area contributed by atoms with Crippen molar-refractivity contribution in [3.63, 3.8) is 0 Å². The van der Waals surface area contributed by atoms with Crippen LogP contribution >= 0.6 is 0 Å². The van der Waals surface area contributed by atoms with Crippen LogP contribution in [0.3, 0.4) is 0 Å². The van der Waals surface area contributed by atoms with Crippen molar-refractivity contribution >= 4 is 11.9 Å². The average molecular weight is 632 g/mol. The highest BCUT2D eigenvalue weighted by atomic mass is 16.6. The van der Waals surface area contributed by atoms with Gasteiger partial charge in [-0.05, 0) is 31.5 Å². The number of aliphatic hydroxyl groups is 3. The van der Waals surface area contributed by atoms with Gasteiger partial charge in [0, 0.05) is 83.0 Å². The van der Waals surface area contributed by atoms with Crippen LogP contribution in [0.2, 0.25) is 0 Å². The second-order valence-electron chi connectivity index (χ2n) is 14.3. The van der Waals surface area contributed by atoms with E-state index in [-0.39, 0.29) is 25.0 Å². The average Bonchev–Trinajstić information content (AvgIpc) is 3.40. The summed E-state index contributed by atoms with van der Waals surface area (Å²) in [5.74, 6) is -3.66. The first-order valence-corrected chi connectivity index (χ1v) is 15.8. The van der Waals surface area contributed by atoms with Crippen molar-refractivity contribution < 1.29 is 53.3 Å². The summed E-state index contributed by atoms with van der Waals surface area (Å²) in [6.45, 7) is 2.00. The third-order valence-corrected chi connectivity index (χ3v) is 12.9. The van der Waals surface area contributed by atoms with Crippen molar-refractivity contribution in [2.45, 2.75) is 73.6 Å². The molecule has 45 heavy (non-hydrogen) atoms. The van der Waals surface area contributed by atoms with Crippen LogP contribution in [0, 0.1) is 34.5 Å². The van der Waals surface area contributed by atoms with Gasteiger partial charge in [-0.3, -0.25) is 4.79 Å². The molecule has 1 aromatic rings. The second-order valence-corrected chi connectivity index (χ2v) is 14.3. The lowest BCUT2D eigenvalue weighted by molar-refractivity contribution is -0.321. The molecule has 1 saturated heterocycles. The number of methoxy groups -OCH3 is 4.